The number of nitrogens with zero attached hydrogens (tertiary/aromatic N) is 1. The molecule has 3 nitrogen and oxygen atoms in total. The standard InChI is InChI=1S/C16H25N3/c1-13-9-16(11-17,12-19(13)15-7-8-15)18-10-14-5-3-2-4-6-14/h2-6,13,15,18H,7-12,17H2,1H3. The van der Waals surface area contributed by atoms with Gasteiger partial charge in [0.2, 0.25) is 0 Å². The van der Waals surface area contributed by atoms with Crippen molar-refractivity contribution in [2.24, 2.45) is 5.73 Å². The van der Waals surface area contributed by atoms with Crippen molar-refractivity contribution in [1.82, 2.24) is 10.2 Å². The highest BCUT2D eigenvalue weighted by Crippen LogP contribution is 2.36. The molecule has 2 aliphatic rings. The Morgan fingerprint density at radius 3 is 2.68 bits per heavy atom. The molecule has 1 aliphatic heterocycles. The third-order valence-corrected chi connectivity index (χ3v) is 4.65. The van der Waals surface area contributed by atoms with E-state index in [4.69, 9.17) is 5.73 Å². The molecule has 3 heteroatoms. The van der Waals surface area contributed by atoms with Gasteiger partial charge in [0.15, 0.2) is 0 Å². The van der Waals surface area contributed by atoms with Crippen LogP contribution in [0.4, 0.5) is 0 Å². The van der Waals surface area contributed by atoms with Gasteiger partial charge in [-0.1, -0.05) is 30.3 Å². The van der Waals surface area contributed by atoms with Gasteiger partial charge in [-0.15, -0.1) is 0 Å². The van der Waals surface area contributed by atoms with E-state index in [0.717, 1.165) is 25.7 Å². The van der Waals surface area contributed by atoms with Gasteiger partial charge in [-0.05, 0) is 31.7 Å². The highest BCUT2D eigenvalue weighted by Gasteiger charge is 2.45. The van der Waals surface area contributed by atoms with Crippen LogP contribution in [0.15, 0.2) is 30.3 Å². The summed E-state index contributed by atoms with van der Waals surface area (Å²) < 4.78 is 0. The van der Waals surface area contributed by atoms with E-state index in [9.17, 15) is 0 Å². The second-order valence-electron chi connectivity index (χ2n) is 6.28. The lowest BCUT2D eigenvalue weighted by Gasteiger charge is -2.29. The lowest BCUT2D eigenvalue weighted by molar-refractivity contribution is 0.241. The molecule has 1 saturated heterocycles. The Labute approximate surface area is 116 Å². The summed E-state index contributed by atoms with van der Waals surface area (Å²) in [7, 11) is 0. The highest BCUT2D eigenvalue weighted by molar-refractivity contribution is 5.15. The van der Waals surface area contributed by atoms with Crippen LogP contribution < -0.4 is 11.1 Å². The molecular weight excluding hydrogens is 234 g/mol. The van der Waals surface area contributed by atoms with E-state index >= 15 is 0 Å². The van der Waals surface area contributed by atoms with Crippen LogP contribution in [0.5, 0.6) is 0 Å². The Hall–Kier alpha value is -0.900. The molecule has 1 heterocycles. The zero-order valence-corrected chi connectivity index (χ0v) is 11.8. The first-order chi connectivity index (χ1) is 9.22. The summed E-state index contributed by atoms with van der Waals surface area (Å²) in [5.74, 6) is 0. The quantitative estimate of drug-likeness (QED) is 0.846. The molecule has 2 unspecified atom stereocenters. The second kappa shape index (κ2) is 5.23. The molecule has 2 fully saturated rings. The maximum absolute atomic E-state index is 6.09. The van der Waals surface area contributed by atoms with Gasteiger partial charge in [-0.2, -0.15) is 0 Å². The minimum Gasteiger partial charge on any atom is -0.329 e. The van der Waals surface area contributed by atoms with Crippen LogP contribution in [0.1, 0.15) is 31.7 Å². The van der Waals surface area contributed by atoms with Crippen molar-refractivity contribution in [2.75, 3.05) is 13.1 Å². The van der Waals surface area contributed by atoms with Crippen molar-refractivity contribution in [3.05, 3.63) is 35.9 Å². The Kier molecular flexibility index (Phi) is 3.61. The summed E-state index contributed by atoms with van der Waals surface area (Å²) in [4.78, 5) is 2.66. The predicted molar refractivity (Wildman–Crippen MR) is 78.9 cm³/mol. The Balaban J connectivity index is 1.63. The first kappa shape index (κ1) is 13.1. The van der Waals surface area contributed by atoms with Gasteiger partial charge in [-0.3, -0.25) is 4.90 Å². The monoisotopic (exact) mass is 259 g/mol. The number of rotatable bonds is 5. The number of benzene rings is 1. The third kappa shape index (κ3) is 2.83. The van der Waals surface area contributed by atoms with Crippen molar-refractivity contribution in [3.8, 4) is 0 Å². The van der Waals surface area contributed by atoms with Crippen LogP contribution >= 0.6 is 0 Å². The van der Waals surface area contributed by atoms with Crippen molar-refractivity contribution < 1.29 is 0 Å². The van der Waals surface area contributed by atoms with E-state index in [0.29, 0.717) is 6.04 Å². The van der Waals surface area contributed by atoms with Crippen LogP contribution in [-0.2, 0) is 6.54 Å². The summed E-state index contributed by atoms with van der Waals surface area (Å²) in [5, 5.41) is 3.74. The summed E-state index contributed by atoms with van der Waals surface area (Å²) in [5.41, 5.74) is 7.54. The molecule has 3 N–H and O–H groups in total. The number of hydrogen-bond acceptors (Lipinski definition) is 3. The van der Waals surface area contributed by atoms with Crippen LogP contribution in [0.3, 0.4) is 0 Å². The molecule has 19 heavy (non-hydrogen) atoms. The first-order valence-electron chi connectivity index (χ1n) is 7.47. The largest absolute Gasteiger partial charge is 0.329 e. The van der Waals surface area contributed by atoms with E-state index in [1.807, 2.05) is 0 Å². The smallest absolute Gasteiger partial charge is 0.0450 e. The molecule has 1 aromatic rings. The topological polar surface area (TPSA) is 41.3 Å². The van der Waals surface area contributed by atoms with Gasteiger partial charge < -0.3 is 11.1 Å². The van der Waals surface area contributed by atoms with Gasteiger partial charge in [0.1, 0.15) is 0 Å². The predicted octanol–water partition coefficient (Wildman–Crippen LogP) is 1.73. The van der Waals surface area contributed by atoms with E-state index in [2.05, 4.69) is 47.5 Å². The molecule has 0 radical (unpaired) electrons. The first-order valence-corrected chi connectivity index (χ1v) is 7.47. The molecule has 0 spiro atoms. The van der Waals surface area contributed by atoms with Gasteiger partial charge in [-0.25, -0.2) is 0 Å². The van der Waals surface area contributed by atoms with Crippen molar-refractivity contribution in [1.29, 1.82) is 0 Å². The van der Waals surface area contributed by atoms with Crippen molar-refractivity contribution >= 4 is 0 Å². The average Bonchev–Trinajstić information content (AvgIpc) is 3.23. The van der Waals surface area contributed by atoms with Gasteiger partial charge >= 0.3 is 0 Å². The normalized spacial score (nSPS) is 31.8. The maximum atomic E-state index is 6.09. The molecule has 1 aliphatic carbocycles. The fourth-order valence-electron chi connectivity index (χ4n) is 3.38. The lowest BCUT2D eigenvalue weighted by atomic mass is 9.96. The fraction of sp³-hybridized carbons (Fsp3) is 0.625. The molecule has 0 bridgehead atoms. The van der Waals surface area contributed by atoms with Crippen LogP contribution in [0.2, 0.25) is 0 Å². The molecule has 2 atom stereocenters. The van der Waals surface area contributed by atoms with Crippen LogP contribution in [0, 0.1) is 0 Å². The van der Waals surface area contributed by atoms with Gasteiger partial charge in [0.05, 0.1) is 0 Å². The molecular formula is C16H25N3. The minimum absolute atomic E-state index is 0.109. The number of hydrogen-bond donors (Lipinski definition) is 2. The highest BCUT2D eigenvalue weighted by atomic mass is 15.3. The summed E-state index contributed by atoms with van der Waals surface area (Å²) >= 11 is 0. The second-order valence-corrected chi connectivity index (χ2v) is 6.28. The maximum Gasteiger partial charge on any atom is 0.0450 e. The Bertz CT molecular complexity index is 415. The van der Waals surface area contributed by atoms with Gasteiger partial charge in [0, 0.05) is 37.3 Å². The molecule has 104 valence electrons. The van der Waals surface area contributed by atoms with Crippen molar-refractivity contribution in [2.45, 2.75) is 50.4 Å². The SMILES string of the molecule is CC1CC(CN)(NCc2ccccc2)CN1C1CC1. The molecule has 0 aromatic heterocycles. The Morgan fingerprint density at radius 2 is 2.05 bits per heavy atom. The summed E-state index contributed by atoms with van der Waals surface area (Å²) in [6.07, 6.45) is 3.93. The zero-order chi connectivity index (χ0) is 13.3. The minimum atomic E-state index is 0.109. The molecule has 0 amide bonds. The number of nitrogens with two attached hydrogens (primary N) is 1. The zero-order valence-electron chi connectivity index (χ0n) is 11.8. The van der Waals surface area contributed by atoms with E-state index in [-0.39, 0.29) is 5.54 Å². The van der Waals surface area contributed by atoms with Crippen molar-refractivity contribution in [3.63, 3.8) is 0 Å². The van der Waals surface area contributed by atoms with E-state index in [1.54, 1.807) is 0 Å². The lowest BCUT2D eigenvalue weighted by Crippen LogP contribution is -2.52. The summed E-state index contributed by atoms with van der Waals surface area (Å²) in [6.45, 7) is 5.11. The van der Waals surface area contributed by atoms with E-state index < -0.39 is 0 Å². The van der Waals surface area contributed by atoms with Crippen LogP contribution in [0.25, 0.3) is 0 Å². The number of nitrogens with one attached hydrogen (secondary N) is 1. The van der Waals surface area contributed by atoms with Gasteiger partial charge in [0.25, 0.3) is 0 Å². The molecule has 3 rings (SSSR count). The van der Waals surface area contributed by atoms with E-state index in [1.165, 1.54) is 24.8 Å². The third-order valence-electron chi connectivity index (χ3n) is 4.65. The summed E-state index contributed by atoms with van der Waals surface area (Å²) in [6, 6.07) is 12.1. The average molecular weight is 259 g/mol. The number of likely N-dealkylation sites (tertiary alicyclic amines) is 1. The van der Waals surface area contributed by atoms with Crippen LogP contribution in [-0.4, -0.2) is 35.6 Å². The fourth-order valence-corrected chi connectivity index (χ4v) is 3.38. The molecule has 1 aromatic carbocycles. The molecule has 1 saturated carbocycles. The Morgan fingerprint density at radius 1 is 1.32 bits per heavy atom.